The number of carboxylic acids is 1. The Bertz CT molecular complexity index is 989. The van der Waals surface area contributed by atoms with Gasteiger partial charge < -0.3 is 15.2 Å². The average Bonchev–Trinajstić information content (AvgIpc) is 2.72. The lowest BCUT2D eigenvalue weighted by atomic mass is 9.97. The monoisotopic (exact) mass is 453 g/mol. The van der Waals surface area contributed by atoms with E-state index in [4.69, 9.17) is 9.84 Å². The molecule has 0 aliphatic heterocycles. The molecule has 0 aliphatic rings. The zero-order chi connectivity index (χ0) is 20.8. The van der Waals surface area contributed by atoms with Gasteiger partial charge in [0.15, 0.2) is 0 Å². The summed E-state index contributed by atoms with van der Waals surface area (Å²) in [5.41, 5.74) is 5.73. The fourth-order valence-corrected chi connectivity index (χ4v) is 3.60. The normalized spacial score (nSPS) is 11.8. The molecule has 0 aromatic heterocycles. The van der Waals surface area contributed by atoms with Crippen LogP contribution in [0.1, 0.15) is 23.6 Å². The average molecular weight is 454 g/mol. The van der Waals surface area contributed by atoms with Crippen LogP contribution in [0.5, 0.6) is 5.75 Å². The second kappa shape index (κ2) is 9.72. The van der Waals surface area contributed by atoms with Crippen molar-refractivity contribution in [3.8, 4) is 16.9 Å². The highest BCUT2D eigenvalue weighted by molar-refractivity contribution is 9.10. The minimum Gasteiger partial charge on any atom is -0.488 e. The number of carboxylic acid groups (broad SMARTS) is 1. The van der Waals surface area contributed by atoms with Crippen molar-refractivity contribution in [1.82, 2.24) is 5.32 Å². The molecule has 2 N–H and O–H groups in total. The van der Waals surface area contributed by atoms with Gasteiger partial charge in [0, 0.05) is 6.54 Å². The highest BCUT2D eigenvalue weighted by atomic mass is 79.9. The van der Waals surface area contributed by atoms with E-state index < -0.39 is 12.0 Å². The van der Waals surface area contributed by atoms with Crippen LogP contribution in [0.3, 0.4) is 0 Å². The van der Waals surface area contributed by atoms with Crippen LogP contribution >= 0.6 is 15.9 Å². The quantitative estimate of drug-likeness (QED) is 0.468. The third-order valence-corrected chi connectivity index (χ3v) is 5.51. The van der Waals surface area contributed by atoms with E-state index >= 15 is 0 Å². The number of ether oxygens (including phenoxy) is 1. The number of halogens is 1. The zero-order valence-corrected chi connectivity index (χ0v) is 18.1. The number of hydrogen-bond donors (Lipinski definition) is 2. The molecule has 3 aromatic rings. The van der Waals surface area contributed by atoms with Crippen LogP contribution in [0.2, 0.25) is 0 Å². The van der Waals surface area contributed by atoms with Gasteiger partial charge >= 0.3 is 5.97 Å². The van der Waals surface area contributed by atoms with Crippen molar-refractivity contribution in [3.63, 3.8) is 0 Å². The van der Waals surface area contributed by atoms with Crippen LogP contribution in [0.25, 0.3) is 11.1 Å². The van der Waals surface area contributed by atoms with Crippen molar-refractivity contribution in [3.05, 3.63) is 87.9 Å². The van der Waals surface area contributed by atoms with Crippen molar-refractivity contribution in [2.24, 2.45) is 0 Å². The summed E-state index contributed by atoms with van der Waals surface area (Å²) in [5.74, 6) is -0.110. The van der Waals surface area contributed by atoms with Gasteiger partial charge in [-0.1, -0.05) is 54.6 Å². The number of aliphatic carboxylic acids is 1. The highest BCUT2D eigenvalue weighted by Gasteiger charge is 2.11. The molecule has 0 spiro atoms. The summed E-state index contributed by atoms with van der Waals surface area (Å²) >= 11 is 3.56. The molecule has 5 heteroatoms. The van der Waals surface area contributed by atoms with Gasteiger partial charge in [0.05, 0.1) is 4.47 Å². The van der Waals surface area contributed by atoms with Crippen molar-refractivity contribution in [1.29, 1.82) is 0 Å². The van der Waals surface area contributed by atoms with Crippen LogP contribution in [0.4, 0.5) is 0 Å². The Morgan fingerprint density at radius 1 is 1.10 bits per heavy atom. The van der Waals surface area contributed by atoms with Gasteiger partial charge in [-0.15, -0.1) is 0 Å². The largest absolute Gasteiger partial charge is 0.488 e. The number of hydrogen-bond acceptors (Lipinski definition) is 3. The molecule has 0 fully saturated rings. The summed E-state index contributed by atoms with van der Waals surface area (Å²) in [6.45, 7) is 4.69. The first-order valence-corrected chi connectivity index (χ1v) is 10.3. The van der Waals surface area contributed by atoms with Crippen LogP contribution < -0.4 is 10.1 Å². The molecule has 0 aliphatic carbocycles. The lowest BCUT2D eigenvalue weighted by Crippen LogP contribution is -2.33. The molecule has 0 saturated heterocycles. The van der Waals surface area contributed by atoms with Crippen LogP contribution in [-0.2, 0) is 17.9 Å². The summed E-state index contributed by atoms with van der Waals surface area (Å²) in [4.78, 5) is 10.9. The number of rotatable bonds is 8. The number of nitrogens with one attached hydrogen (secondary N) is 1. The van der Waals surface area contributed by atoms with E-state index in [0.717, 1.165) is 21.3 Å². The Hall–Kier alpha value is -2.63. The molecular weight excluding hydrogens is 430 g/mol. The van der Waals surface area contributed by atoms with Crippen molar-refractivity contribution in [2.45, 2.75) is 33.0 Å². The molecule has 4 nitrogen and oxygen atoms in total. The van der Waals surface area contributed by atoms with Gasteiger partial charge in [-0.2, -0.15) is 0 Å². The highest BCUT2D eigenvalue weighted by Crippen LogP contribution is 2.29. The van der Waals surface area contributed by atoms with E-state index in [-0.39, 0.29) is 0 Å². The van der Waals surface area contributed by atoms with E-state index in [1.165, 1.54) is 16.7 Å². The second-order valence-corrected chi connectivity index (χ2v) is 7.80. The fourth-order valence-electron chi connectivity index (χ4n) is 3.06. The molecule has 0 heterocycles. The molecule has 3 aromatic carbocycles. The molecule has 1 atom stereocenters. The van der Waals surface area contributed by atoms with Gasteiger partial charge in [-0.25, -0.2) is 0 Å². The predicted molar refractivity (Wildman–Crippen MR) is 119 cm³/mol. The smallest absolute Gasteiger partial charge is 0.320 e. The first-order valence-electron chi connectivity index (χ1n) is 9.47. The Morgan fingerprint density at radius 3 is 2.55 bits per heavy atom. The Labute approximate surface area is 179 Å². The maximum Gasteiger partial charge on any atom is 0.320 e. The maximum atomic E-state index is 10.9. The van der Waals surface area contributed by atoms with Crippen molar-refractivity contribution < 1.29 is 14.6 Å². The fraction of sp³-hybridized carbons (Fsp3) is 0.208. The molecule has 150 valence electrons. The third kappa shape index (κ3) is 5.46. The summed E-state index contributed by atoms with van der Waals surface area (Å²) < 4.78 is 6.90. The standard InChI is InChI=1S/C24H24BrNO3/c1-16-20(9-6-10-21(16)19-7-4-3-5-8-19)15-29-23-12-11-18(13-22(23)25)14-26-17(2)24(27)28/h3-13,17,26H,14-15H2,1-2H3,(H,27,28). The molecule has 0 saturated carbocycles. The second-order valence-electron chi connectivity index (χ2n) is 6.95. The Morgan fingerprint density at radius 2 is 1.86 bits per heavy atom. The third-order valence-electron chi connectivity index (χ3n) is 4.89. The van der Waals surface area contributed by atoms with E-state index in [0.29, 0.717) is 13.2 Å². The Kier molecular flexibility index (Phi) is 7.07. The van der Waals surface area contributed by atoms with Crippen molar-refractivity contribution in [2.75, 3.05) is 0 Å². The summed E-state index contributed by atoms with van der Waals surface area (Å²) in [5, 5.41) is 11.9. The molecule has 1 unspecified atom stereocenters. The minimum absolute atomic E-state index is 0.471. The van der Waals surface area contributed by atoms with Crippen LogP contribution in [-0.4, -0.2) is 17.1 Å². The predicted octanol–water partition coefficient (Wildman–Crippen LogP) is 5.57. The van der Waals surface area contributed by atoms with Gasteiger partial charge in [-0.3, -0.25) is 4.79 Å². The van der Waals surface area contributed by atoms with E-state index in [1.54, 1.807) is 6.92 Å². The maximum absolute atomic E-state index is 10.9. The lowest BCUT2D eigenvalue weighted by Gasteiger charge is -2.14. The van der Waals surface area contributed by atoms with Crippen LogP contribution in [0.15, 0.2) is 71.2 Å². The zero-order valence-electron chi connectivity index (χ0n) is 16.5. The number of benzene rings is 3. The summed E-state index contributed by atoms with van der Waals surface area (Å²) in [6.07, 6.45) is 0. The van der Waals surface area contributed by atoms with Crippen LogP contribution in [0, 0.1) is 6.92 Å². The van der Waals surface area contributed by atoms with Gasteiger partial charge in [0.25, 0.3) is 0 Å². The van der Waals surface area contributed by atoms with Gasteiger partial charge in [0.1, 0.15) is 18.4 Å². The Balaban J connectivity index is 1.68. The SMILES string of the molecule is Cc1c(COc2ccc(CNC(C)C(=O)O)cc2Br)cccc1-c1ccccc1. The first-order chi connectivity index (χ1) is 14.0. The molecule has 3 rings (SSSR count). The molecular formula is C24H24BrNO3. The minimum atomic E-state index is -0.864. The summed E-state index contributed by atoms with van der Waals surface area (Å²) in [7, 11) is 0. The topological polar surface area (TPSA) is 58.6 Å². The van der Waals surface area contributed by atoms with E-state index in [2.05, 4.69) is 58.5 Å². The molecule has 0 radical (unpaired) electrons. The molecule has 0 amide bonds. The van der Waals surface area contributed by atoms with E-state index in [9.17, 15) is 4.79 Å². The molecule has 29 heavy (non-hydrogen) atoms. The van der Waals surface area contributed by atoms with E-state index in [1.807, 2.05) is 36.4 Å². The number of carbonyl (C=O) groups is 1. The first kappa shape index (κ1) is 21.1. The lowest BCUT2D eigenvalue weighted by molar-refractivity contribution is -0.139. The van der Waals surface area contributed by atoms with Gasteiger partial charge in [0.2, 0.25) is 0 Å². The van der Waals surface area contributed by atoms with Gasteiger partial charge in [-0.05, 0) is 69.7 Å². The van der Waals surface area contributed by atoms with Crippen molar-refractivity contribution >= 4 is 21.9 Å². The summed E-state index contributed by atoms with van der Waals surface area (Å²) in [6, 6.07) is 21.8. The molecule has 0 bridgehead atoms.